The predicted molar refractivity (Wildman–Crippen MR) is 120 cm³/mol. The number of carbonyl (C=O) groups is 3. The number of urea groups is 1. The second-order valence-corrected chi connectivity index (χ2v) is 8.97. The van der Waals surface area contributed by atoms with E-state index in [0.717, 1.165) is 41.3 Å². The number of hydrogen-bond acceptors (Lipinski definition) is 4. The molecule has 6 nitrogen and oxygen atoms in total. The molecule has 1 aliphatic carbocycles. The van der Waals surface area contributed by atoms with Gasteiger partial charge in [0.05, 0.1) is 0 Å². The van der Waals surface area contributed by atoms with Gasteiger partial charge in [-0.3, -0.25) is 19.8 Å². The van der Waals surface area contributed by atoms with Gasteiger partial charge in [0.1, 0.15) is 5.41 Å². The van der Waals surface area contributed by atoms with E-state index in [2.05, 4.69) is 17.5 Å². The van der Waals surface area contributed by atoms with Gasteiger partial charge in [0.25, 0.3) is 0 Å². The number of nitrogens with one attached hydrogen (secondary N) is 1. The summed E-state index contributed by atoms with van der Waals surface area (Å²) < 4.78 is 0. The quantitative estimate of drug-likeness (QED) is 0.609. The first-order valence-electron chi connectivity index (χ1n) is 11.1. The van der Waals surface area contributed by atoms with Gasteiger partial charge >= 0.3 is 6.03 Å². The average molecular weight is 418 g/mol. The highest BCUT2D eigenvalue weighted by Crippen LogP contribution is 2.42. The smallest absolute Gasteiger partial charge is 0.330 e. The number of hydrogen-bond donors (Lipinski definition) is 1. The SMILES string of the molecule is CN1C[C@]2(Cc3c1ccc1ccccc31)C(=O)NC(=O)N(CCC1=CCCCC1)C2=O. The van der Waals surface area contributed by atoms with Crippen LogP contribution < -0.4 is 10.2 Å². The highest BCUT2D eigenvalue weighted by Gasteiger charge is 2.56. The number of amides is 4. The number of fused-ring (bicyclic) bond motifs is 3. The van der Waals surface area contributed by atoms with Crippen molar-refractivity contribution in [3.8, 4) is 0 Å². The monoisotopic (exact) mass is 417 g/mol. The van der Waals surface area contributed by atoms with E-state index < -0.39 is 17.4 Å². The van der Waals surface area contributed by atoms with Gasteiger partial charge < -0.3 is 4.90 Å². The summed E-state index contributed by atoms with van der Waals surface area (Å²) in [6.07, 6.45) is 7.65. The summed E-state index contributed by atoms with van der Waals surface area (Å²) in [6.45, 7) is 0.577. The molecule has 2 aliphatic heterocycles. The number of benzene rings is 2. The molecule has 160 valence electrons. The molecule has 0 saturated carbocycles. The van der Waals surface area contributed by atoms with Crippen LogP contribution in [-0.4, -0.2) is 42.9 Å². The minimum Gasteiger partial charge on any atom is -0.373 e. The summed E-state index contributed by atoms with van der Waals surface area (Å²) >= 11 is 0. The molecule has 2 aromatic carbocycles. The molecule has 1 spiro atoms. The van der Waals surface area contributed by atoms with E-state index in [9.17, 15) is 14.4 Å². The van der Waals surface area contributed by atoms with Gasteiger partial charge in [-0.05, 0) is 54.5 Å². The zero-order chi connectivity index (χ0) is 21.6. The van der Waals surface area contributed by atoms with Crippen molar-refractivity contribution < 1.29 is 14.4 Å². The van der Waals surface area contributed by atoms with Gasteiger partial charge in [-0.1, -0.05) is 42.0 Å². The van der Waals surface area contributed by atoms with Crippen molar-refractivity contribution in [3.05, 3.63) is 53.6 Å². The fraction of sp³-hybridized carbons (Fsp3) is 0.400. The first-order chi connectivity index (χ1) is 15.0. The zero-order valence-electron chi connectivity index (χ0n) is 17.8. The van der Waals surface area contributed by atoms with Crippen LogP contribution in [-0.2, 0) is 16.0 Å². The molecule has 2 heterocycles. The van der Waals surface area contributed by atoms with Gasteiger partial charge in [0, 0.05) is 32.2 Å². The largest absolute Gasteiger partial charge is 0.373 e. The molecule has 0 radical (unpaired) electrons. The van der Waals surface area contributed by atoms with E-state index in [0.29, 0.717) is 19.4 Å². The van der Waals surface area contributed by atoms with Crippen molar-refractivity contribution in [2.24, 2.45) is 5.41 Å². The maximum atomic E-state index is 13.7. The van der Waals surface area contributed by atoms with Crippen molar-refractivity contribution in [1.29, 1.82) is 0 Å². The second kappa shape index (κ2) is 7.52. The van der Waals surface area contributed by atoms with E-state index in [1.165, 1.54) is 16.9 Å². The van der Waals surface area contributed by atoms with Crippen LogP contribution in [0, 0.1) is 5.41 Å². The normalized spacial score (nSPS) is 23.8. The number of anilines is 1. The van der Waals surface area contributed by atoms with Gasteiger partial charge in [-0.25, -0.2) is 4.79 Å². The van der Waals surface area contributed by atoms with E-state index >= 15 is 0 Å². The molecule has 0 aromatic heterocycles. The second-order valence-electron chi connectivity index (χ2n) is 8.97. The summed E-state index contributed by atoms with van der Waals surface area (Å²) in [5.41, 5.74) is 2.02. The van der Waals surface area contributed by atoms with E-state index in [1.807, 2.05) is 42.3 Å². The minimum absolute atomic E-state index is 0.259. The molecule has 4 amide bonds. The summed E-state index contributed by atoms with van der Waals surface area (Å²) in [5.74, 6) is -0.857. The Balaban J connectivity index is 1.50. The third kappa shape index (κ3) is 3.21. The van der Waals surface area contributed by atoms with Crippen LogP contribution in [0.5, 0.6) is 0 Å². The highest BCUT2D eigenvalue weighted by atomic mass is 16.2. The fourth-order valence-corrected chi connectivity index (χ4v) is 5.33. The maximum Gasteiger partial charge on any atom is 0.330 e. The Kier molecular flexibility index (Phi) is 4.80. The summed E-state index contributed by atoms with van der Waals surface area (Å²) in [5, 5.41) is 4.61. The summed E-state index contributed by atoms with van der Waals surface area (Å²) in [7, 11) is 1.91. The van der Waals surface area contributed by atoms with E-state index in [1.54, 1.807) is 0 Å². The molecule has 0 unspecified atom stereocenters. The van der Waals surface area contributed by atoms with Crippen LogP contribution in [0.15, 0.2) is 48.0 Å². The first kappa shape index (κ1) is 19.8. The fourth-order valence-electron chi connectivity index (χ4n) is 5.33. The van der Waals surface area contributed by atoms with Crippen LogP contribution in [0.3, 0.4) is 0 Å². The van der Waals surface area contributed by atoms with Crippen molar-refractivity contribution in [1.82, 2.24) is 10.2 Å². The summed E-state index contributed by atoms with van der Waals surface area (Å²) in [6, 6.07) is 11.5. The third-order valence-corrected chi connectivity index (χ3v) is 7.01. The molecule has 1 saturated heterocycles. The van der Waals surface area contributed by atoms with E-state index in [-0.39, 0.29) is 12.5 Å². The molecule has 6 heteroatoms. The molecule has 1 fully saturated rings. The van der Waals surface area contributed by atoms with Crippen LogP contribution in [0.25, 0.3) is 10.8 Å². The zero-order valence-corrected chi connectivity index (χ0v) is 17.8. The topological polar surface area (TPSA) is 69.7 Å². The Hall–Kier alpha value is -3.15. The van der Waals surface area contributed by atoms with Crippen molar-refractivity contribution >= 4 is 34.3 Å². The van der Waals surface area contributed by atoms with Crippen LogP contribution >= 0.6 is 0 Å². The number of nitrogens with zero attached hydrogens (tertiary/aromatic N) is 2. The third-order valence-electron chi connectivity index (χ3n) is 7.01. The van der Waals surface area contributed by atoms with Crippen molar-refractivity contribution in [3.63, 3.8) is 0 Å². The Labute approximate surface area is 181 Å². The Morgan fingerprint density at radius 3 is 2.71 bits per heavy atom. The Bertz CT molecular complexity index is 1120. The molecule has 3 aliphatic rings. The minimum atomic E-state index is -1.29. The predicted octanol–water partition coefficient (Wildman–Crippen LogP) is 3.79. The Morgan fingerprint density at radius 1 is 1.06 bits per heavy atom. The van der Waals surface area contributed by atoms with Crippen LogP contribution in [0.2, 0.25) is 0 Å². The van der Waals surface area contributed by atoms with E-state index in [4.69, 9.17) is 0 Å². The highest BCUT2D eigenvalue weighted by molar-refractivity contribution is 6.20. The molecule has 31 heavy (non-hydrogen) atoms. The molecule has 0 bridgehead atoms. The number of barbiturate groups is 1. The number of allylic oxidation sites excluding steroid dienone is 1. The molecule has 5 rings (SSSR count). The van der Waals surface area contributed by atoms with Gasteiger partial charge in [-0.15, -0.1) is 0 Å². The van der Waals surface area contributed by atoms with Gasteiger partial charge in [0.15, 0.2) is 0 Å². The molecular weight excluding hydrogens is 390 g/mol. The van der Waals surface area contributed by atoms with Crippen molar-refractivity contribution in [2.75, 3.05) is 25.0 Å². The number of rotatable bonds is 3. The lowest BCUT2D eigenvalue weighted by molar-refractivity contribution is -0.151. The molecule has 2 aromatic rings. The molecule has 1 N–H and O–H groups in total. The molecule has 1 atom stereocenters. The Morgan fingerprint density at radius 2 is 1.90 bits per heavy atom. The lowest BCUT2D eigenvalue weighted by Crippen LogP contribution is -2.68. The maximum absolute atomic E-state index is 13.7. The van der Waals surface area contributed by atoms with Crippen LogP contribution in [0.1, 0.15) is 37.7 Å². The standard InChI is InChI=1S/C25H27N3O3/c1-27-16-25(15-20-19-10-6-5-9-18(19)11-12-21(20)27)22(29)26-24(31)28(23(25)30)14-13-17-7-3-2-4-8-17/h5-7,9-12H,2-4,8,13-16H2,1H3,(H,26,29,31)/t25-/m1/s1. The van der Waals surface area contributed by atoms with Crippen molar-refractivity contribution in [2.45, 2.75) is 38.5 Å². The summed E-state index contributed by atoms with van der Waals surface area (Å²) in [4.78, 5) is 42.6. The number of imide groups is 2. The van der Waals surface area contributed by atoms with Gasteiger partial charge in [-0.2, -0.15) is 0 Å². The van der Waals surface area contributed by atoms with Crippen LogP contribution in [0.4, 0.5) is 10.5 Å². The lowest BCUT2D eigenvalue weighted by atomic mass is 9.73. The lowest BCUT2D eigenvalue weighted by Gasteiger charge is -2.45. The number of carbonyl (C=O) groups excluding carboxylic acids is 3. The molecular formula is C25H27N3O3. The first-order valence-corrected chi connectivity index (χ1v) is 11.1. The van der Waals surface area contributed by atoms with Gasteiger partial charge in [0.2, 0.25) is 11.8 Å². The average Bonchev–Trinajstić information content (AvgIpc) is 2.78.